The number of benzene rings is 1. The van der Waals surface area contributed by atoms with Crippen LogP contribution in [0.15, 0.2) is 30.3 Å². The number of ether oxygens (including phenoxy) is 1. The number of carbonyl (C=O) groups is 3. The predicted molar refractivity (Wildman–Crippen MR) is 72.3 cm³/mol. The van der Waals surface area contributed by atoms with Crippen LogP contribution in [0.1, 0.15) is 24.8 Å². The molecule has 0 aliphatic rings. The van der Waals surface area contributed by atoms with Crippen molar-refractivity contribution in [2.45, 2.75) is 31.9 Å². The Hall–Kier alpha value is -2.21. The highest BCUT2D eigenvalue weighted by molar-refractivity contribution is 5.90. The highest BCUT2D eigenvalue weighted by Gasteiger charge is 2.17. The molecule has 6 heteroatoms. The Labute approximate surface area is 117 Å². The number of Topliss-reactive ketones (excluding diaryl/α,β-unsaturated/α-hetero) is 1. The van der Waals surface area contributed by atoms with Crippen LogP contribution in [-0.2, 0) is 25.7 Å². The van der Waals surface area contributed by atoms with Gasteiger partial charge >= 0.3 is 5.97 Å². The maximum absolute atomic E-state index is 11.5. The third-order valence-corrected chi connectivity index (χ3v) is 2.65. The summed E-state index contributed by atoms with van der Waals surface area (Å²) >= 11 is 0. The number of amides is 1. The van der Waals surface area contributed by atoms with Crippen LogP contribution < -0.4 is 11.5 Å². The Morgan fingerprint density at radius 1 is 1.10 bits per heavy atom. The van der Waals surface area contributed by atoms with Crippen LogP contribution in [0.4, 0.5) is 0 Å². The number of esters is 1. The second-order valence-corrected chi connectivity index (χ2v) is 4.39. The quantitative estimate of drug-likeness (QED) is 0.663. The lowest BCUT2D eigenvalue weighted by molar-refractivity contribution is -0.146. The minimum atomic E-state index is -0.950. The van der Waals surface area contributed by atoms with Gasteiger partial charge in [0, 0.05) is 12.8 Å². The molecule has 1 rings (SSSR count). The first-order valence-electron chi connectivity index (χ1n) is 6.25. The van der Waals surface area contributed by atoms with Gasteiger partial charge < -0.3 is 16.2 Å². The average Bonchev–Trinajstić information content (AvgIpc) is 2.42. The molecule has 0 heterocycles. The second-order valence-electron chi connectivity index (χ2n) is 4.39. The highest BCUT2D eigenvalue weighted by Crippen LogP contribution is 2.04. The zero-order chi connectivity index (χ0) is 15.0. The van der Waals surface area contributed by atoms with Gasteiger partial charge in [-0.15, -0.1) is 0 Å². The fourth-order valence-electron chi connectivity index (χ4n) is 1.55. The van der Waals surface area contributed by atoms with E-state index >= 15 is 0 Å². The van der Waals surface area contributed by atoms with Crippen LogP contribution in [0, 0.1) is 0 Å². The summed E-state index contributed by atoms with van der Waals surface area (Å²) in [4.78, 5) is 33.6. The van der Waals surface area contributed by atoms with Crippen LogP contribution in [0.2, 0.25) is 0 Å². The molecule has 1 amide bonds. The van der Waals surface area contributed by atoms with Gasteiger partial charge in [0.25, 0.3) is 0 Å². The maximum Gasteiger partial charge on any atom is 0.306 e. The molecule has 6 nitrogen and oxygen atoms in total. The Kier molecular flexibility index (Phi) is 6.39. The topological polar surface area (TPSA) is 112 Å². The summed E-state index contributed by atoms with van der Waals surface area (Å²) in [6.07, 6.45) is -0.321. The zero-order valence-corrected chi connectivity index (χ0v) is 11.1. The third kappa shape index (κ3) is 6.10. The SMILES string of the molecule is NC(=O)C[C@@H](N)C(=O)CCC(=O)OCc1ccccc1. The van der Waals surface area contributed by atoms with E-state index in [1.807, 2.05) is 30.3 Å². The highest BCUT2D eigenvalue weighted by atomic mass is 16.5. The summed E-state index contributed by atoms with van der Waals surface area (Å²) in [7, 11) is 0. The Balaban J connectivity index is 2.26. The molecule has 0 radical (unpaired) electrons. The molecule has 0 bridgehead atoms. The summed E-state index contributed by atoms with van der Waals surface area (Å²) in [5, 5.41) is 0. The van der Waals surface area contributed by atoms with E-state index in [0.717, 1.165) is 5.56 Å². The number of primary amides is 1. The van der Waals surface area contributed by atoms with Crippen molar-refractivity contribution in [3.63, 3.8) is 0 Å². The van der Waals surface area contributed by atoms with Crippen LogP contribution in [0.5, 0.6) is 0 Å². The van der Waals surface area contributed by atoms with Crippen molar-refractivity contribution in [1.29, 1.82) is 0 Å². The molecule has 1 aromatic rings. The van der Waals surface area contributed by atoms with E-state index < -0.39 is 17.9 Å². The molecule has 1 atom stereocenters. The van der Waals surface area contributed by atoms with Crippen LogP contribution in [0.3, 0.4) is 0 Å². The largest absolute Gasteiger partial charge is 0.461 e. The van der Waals surface area contributed by atoms with Gasteiger partial charge in [0.15, 0.2) is 5.78 Å². The molecule has 108 valence electrons. The third-order valence-electron chi connectivity index (χ3n) is 2.65. The number of carbonyl (C=O) groups excluding carboxylic acids is 3. The second kappa shape index (κ2) is 8.06. The molecule has 4 N–H and O–H groups in total. The summed E-state index contributed by atoms with van der Waals surface area (Å²) < 4.78 is 5.02. The summed E-state index contributed by atoms with van der Waals surface area (Å²) in [6, 6.07) is 8.27. The first-order valence-corrected chi connectivity index (χ1v) is 6.25. The van der Waals surface area contributed by atoms with E-state index in [2.05, 4.69) is 0 Å². The Morgan fingerprint density at radius 3 is 2.35 bits per heavy atom. The van der Waals surface area contributed by atoms with Gasteiger partial charge in [-0.1, -0.05) is 30.3 Å². The lowest BCUT2D eigenvalue weighted by Gasteiger charge is -2.08. The standard InChI is InChI=1S/C14H18N2O4/c15-11(8-13(16)18)12(17)6-7-14(19)20-9-10-4-2-1-3-5-10/h1-5,11H,6-9,15H2,(H2,16,18)/t11-/m1/s1. The van der Waals surface area contributed by atoms with Gasteiger partial charge in [-0.2, -0.15) is 0 Å². The van der Waals surface area contributed by atoms with E-state index in [1.165, 1.54) is 0 Å². The number of hydrogen-bond donors (Lipinski definition) is 2. The van der Waals surface area contributed by atoms with Gasteiger partial charge in [0.2, 0.25) is 5.91 Å². The van der Waals surface area contributed by atoms with Gasteiger partial charge in [-0.05, 0) is 5.56 Å². The monoisotopic (exact) mass is 278 g/mol. The van der Waals surface area contributed by atoms with E-state index in [1.54, 1.807) is 0 Å². The minimum Gasteiger partial charge on any atom is -0.461 e. The summed E-state index contributed by atoms with van der Waals surface area (Å²) in [6.45, 7) is 0.168. The molecule has 0 unspecified atom stereocenters. The first-order chi connectivity index (χ1) is 9.49. The van der Waals surface area contributed by atoms with Gasteiger partial charge in [-0.3, -0.25) is 14.4 Å². The fourth-order valence-corrected chi connectivity index (χ4v) is 1.55. The Morgan fingerprint density at radius 2 is 1.75 bits per heavy atom. The minimum absolute atomic E-state index is 0.0535. The lowest BCUT2D eigenvalue weighted by Crippen LogP contribution is -2.35. The van der Waals surface area contributed by atoms with Gasteiger partial charge in [-0.25, -0.2) is 0 Å². The van der Waals surface area contributed by atoms with Crippen LogP contribution in [-0.4, -0.2) is 23.7 Å². The molecule has 1 aromatic carbocycles. The zero-order valence-electron chi connectivity index (χ0n) is 11.1. The molecule has 0 aliphatic carbocycles. The van der Waals surface area contributed by atoms with Crippen molar-refractivity contribution >= 4 is 17.7 Å². The number of ketones is 1. The van der Waals surface area contributed by atoms with E-state index in [0.29, 0.717) is 0 Å². The molecule has 0 spiro atoms. The molecule has 0 aromatic heterocycles. The number of rotatable bonds is 8. The van der Waals surface area contributed by atoms with E-state index in [9.17, 15) is 14.4 Å². The molecule has 20 heavy (non-hydrogen) atoms. The number of hydrogen-bond acceptors (Lipinski definition) is 5. The molecule has 0 fully saturated rings. The normalized spacial score (nSPS) is 11.7. The molecular formula is C14H18N2O4. The molecule has 0 saturated heterocycles. The van der Waals surface area contributed by atoms with E-state index in [4.69, 9.17) is 16.2 Å². The molecule has 0 saturated carbocycles. The predicted octanol–water partition coefficient (Wildman–Crippen LogP) is 0.282. The smallest absolute Gasteiger partial charge is 0.306 e. The Bertz CT molecular complexity index is 473. The van der Waals surface area contributed by atoms with Crippen molar-refractivity contribution in [3.05, 3.63) is 35.9 Å². The molecular weight excluding hydrogens is 260 g/mol. The number of nitrogens with two attached hydrogens (primary N) is 2. The van der Waals surface area contributed by atoms with Crippen molar-refractivity contribution in [2.75, 3.05) is 0 Å². The van der Waals surface area contributed by atoms with Gasteiger partial charge in [0.1, 0.15) is 6.61 Å². The van der Waals surface area contributed by atoms with Crippen molar-refractivity contribution < 1.29 is 19.1 Å². The average molecular weight is 278 g/mol. The maximum atomic E-state index is 11.5. The molecule has 0 aliphatic heterocycles. The fraction of sp³-hybridized carbons (Fsp3) is 0.357. The summed E-state index contributed by atoms with van der Waals surface area (Å²) in [5.41, 5.74) is 11.3. The van der Waals surface area contributed by atoms with Crippen LogP contribution in [0.25, 0.3) is 0 Å². The summed E-state index contributed by atoms with van der Waals surface area (Å²) in [5.74, 6) is -1.49. The van der Waals surface area contributed by atoms with E-state index in [-0.39, 0.29) is 31.7 Å². The van der Waals surface area contributed by atoms with Crippen LogP contribution >= 0.6 is 0 Å². The first kappa shape index (κ1) is 15.8. The van der Waals surface area contributed by atoms with Crippen molar-refractivity contribution in [2.24, 2.45) is 11.5 Å². The van der Waals surface area contributed by atoms with Crippen molar-refractivity contribution in [1.82, 2.24) is 0 Å². The van der Waals surface area contributed by atoms with Crippen molar-refractivity contribution in [3.8, 4) is 0 Å². The van der Waals surface area contributed by atoms with Gasteiger partial charge in [0.05, 0.1) is 12.5 Å². The lowest BCUT2D eigenvalue weighted by atomic mass is 10.1.